The third-order valence-corrected chi connectivity index (χ3v) is 12.4. The van der Waals surface area contributed by atoms with Gasteiger partial charge in [0.15, 0.2) is 5.81 Å². The molecule has 4 amide bonds. The van der Waals surface area contributed by atoms with E-state index in [1.165, 1.54) is 48.1 Å². The van der Waals surface area contributed by atoms with Crippen LogP contribution in [0.1, 0.15) is 122 Å². The summed E-state index contributed by atoms with van der Waals surface area (Å²) in [6, 6.07) is 26.4. The third kappa shape index (κ3) is 18.8. The number of anilines is 3. The van der Waals surface area contributed by atoms with Crippen LogP contribution in [0.25, 0.3) is 0 Å². The number of piperidine rings is 3. The first kappa shape index (κ1) is 53.6. The Hall–Kier alpha value is -4.71. The van der Waals surface area contributed by atoms with Crippen LogP contribution in [0.3, 0.4) is 0 Å². The van der Waals surface area contributed by atoms with Crippen LogP contribution in [0, 0.1) is 26.7 Å². The lowest BCUT2D eigenvalue weighted by atomic mass is 9.99. The van der Waals surface area contributed by atoms with Crippen LogP contribution in [0.15, 0.2) is 72.8 Å². The summed E-state index contributed by atoms with van der Waals surface area (Å²) >= 11 is 0. The average Bonchev–Trinajstić information content (AvgIpc) is 3.57. The zero-order valence-electron chi connectivity index (χ0n) is 38.4. The number of likely N-dealkylation sites (tertiary alicyclic amines) is 3. The fourth-order valence-electron chi connectivity index (χ4n) is 8.54. The van der Waals surface area contributed by atoms with E-state index in [0.29, 0.717) is 30.5 Å². The lowest BCUT2D eigenvalue weighted by Gasteiger charge is -2.36. The van der Waals surface area contributed by atoms with E-state index in [0.717, 1.165) is 102 Å². The number of carbonyl (C=O) groups excluding carboxylic acids is 3. The van der Waals surface area contributed by atoms with E-state index in [1.807, 2.05) is 9.80 Å². The van der Waals surface area contributed by atoms with Crippen LogP contribution >= 0.6 is 0 Å². The van der Waals surface area contributed by atoms with Gasteiger partial charge in [0.1, 0.15) is 6.04 Å². The van der Waals surface area contributed by atoms with E-state index in [1.54, 1.807) is 4.90 Å². The molecule has 4 heterocycles. The Balaban J connectivity index is 0. The molecule has 5 N–H and O–H groups in total. The number of nitrogens with zero attached hydrogens (tertiary/aromatic N) is 3. The highest BCUT2D eigenvalue weighted by atomic mass is 16.2. The molecule has 0 saturated carbocycles. The smallest absolute Gasteiger partial charge is 0.318 e. The Morgan fingerprint density at radius 3 is 1.33 bits per heavy atom. The number of nitrogens with one attached hydrogen (secondary N) is 5. The highest BCUT2D eigenvalue weighted by molar-refractivity contribution is 6.56. The number of hydrogen-bond donors (Lipinski definition) is 5. The number of carbonyl (C=O) groups is 3. The van der Waals surface area contributed by atoms with Crippen molar-refractivity contribution in [3.05, 3.63) is 89.5 Å². The van der Waals surface area contributed by atoms with Gasteiger partial charge in [-0.2, -0.15) is 0 Å². The number of rotatable bonds is 10. The van der Waals surface area contributed by atoms with Crippen molar-refractivity contribution in [2.45, 2.75) is 144 Å². The highest BCUT2D eigenvalue weighted by Crippen LogP contribution is 2.21. The summed E-state index contributed by atoms with van der Waals surface area (Å²) in [7, 11) is 5.25. The van der Waals surface area contributed by atoms with Crippen molar-refractivity contribution in [3.8, 4) is 0 Å². The first-order valence-electron chi connectivity index (χ1n) is 23.5. The van der Waals surface area contributed by atoms with Crippen LogP contribution < -0.4 is 26.6 Å². The highest BCUT2D eigenvalue weighted by Gasteiger charge is 2.31. The molecule has 360 valence electrons. The largest absolute Gasteiger partial charge is 0.382 e. The summed E-state index contributed by atoms with van der Waals surface area (Å²) < 4.78 is 0. The molecule has 1 atom stereocenters. The average molecular weight is 887 g/mol. The monoisotopic (exact) mass is 887 g/mol. The molecule has 4 fully saturated rings. The van der Waals surface area contributed by atoms with Gasteiger partial charge >= 0.3 is 6.03 Å². The zero-order valence-corrected chi connectivity index (χ0v) is 38.4. The molecule has 0 spiro atoms. The first-order chi connectivity index (χ1) is 29.9. The van der Waals surface area contributed by atoms with Gasteiger partial charge in [-0.3, -0.25) is 9.59 Å². The summed E-state index contributed by atoms with van der Waals surface area (Å²) in [4.78, 5) is 42.7. The maximum Gasteiger partial charge on any atom is 0.318 e. The van der Waals surface area contributed by atoms with Crippen molar-refractivity contribution >= 4 is 42.7 Å². The molecule has 4 saturated heterocycles. The molecule has 4 aliphatic heterocycles. The minimum atomic E-state index is -0.433. The molecule has 4 aliphatic rings. The van der Waals surface area contributed by atoms with Gasteiger partial charge in [-0.15, -0.1) is 0 Å². The predicted molar refractivity (Wildman–Crippen MR) is 279 cm³/mol. The summed E-state index contributed by atoms with van der Waals surface area (Å²) in [5.41, 5.74) is 7.37. The van der Waals surface area contributed by atoms with Gasteiger partial charge in [0.2, 0.25) is 13.8 Å². The molecule has 0 unspecified atom stereocenters. The Bertz CT molecular complexity index is 1780. The Kier molecular flexibility index (Phi) is 23.7. The molecule has 12 heteroatoms. The van der Waals surface area contributed by atoms with E-state index >= 15 is 0 Å². The number of benzene rings is 3. The van der Waals surface area contributed by atoms with Crippen molar-refractivity contribution in [2.75, 3.05) is 68.3 Å². The molecular weight excluding hydrogens is 795 g/mol. The summed E-state index contributed by atoms with van der Waals surface area (Å²) in [5.74, 6) is 0.114. The van der Waals surface area contributed by atoms with Gasteiger partial charge < -0.3 is 41.3 Å². The molecule has 0 bridgehead atoms. The van der Waals surface area contributed by atoms with Crippen molar-refractivity contribution in [2.24, 2.45) is 5.92 Å². The zero-order chi connectivity index (χ0) is 44.3. The lowest BCUT2D eigenvalue weighted by Crippen LogP contribution is -2.54. The Morgan fingerprint density at radius 1 is 0.578 bits per heavy atom. The molecule has 0 aliphatic carbocycles. The van der Waals surface area contributed by atoms with E-state index in [4.69, 9.17) is 7.85 Å². The normalized spacial score (nSPS) is 17.7. The van der Waals surface area contributed by atoms with Gasteiger partial charge in [-0.1, -0.05) is 94.6 Å². The maximum atomic E-state index is 13.3. The molecular formula is C52H91BN8O3. The number of hydrogen-bond acceptors (Lipinski definition) is 7. The molecule has 2 radical (unpaired) electrons. The van der Waals surface area contributed by atoms with Crippen LogP contribution in [0.4, 0.5) is 26.7 Å². The van der Waals surface area contributed by atoms with E-state index in [-0.39, 0.29) is 38.3 Å². The van der Waals surface area contributed by atoms with Crippen molar-refractivity contribution < 1.29 is 20.1 Å². The lowest BCUT2D eigenvalue weighted by molar-refractivity contribution is -0.134. The fraction of sp³-hybridized carbons (Fsp3) is 0.596. The minimum Gasteiger partial charge on any atom is -0.382 e. The molecule has 11 nitrogen and oxygen atoms in total. The molecule has 7 rings (SSSR count). The van der Waals surface area contributed by atoms with Gasteiger partial charge in [0.25, 0.3) is 0 Å². The third-order valence-electron chi connectivity index (χ3n) is 12.4. The van der Waals surface area contributed by atoms with Crippen molar-refractivity contribution in [1.29, 1.82) is 0 Å². The van der Waals surface area contributed by atoms with Crippen LogP contribution in [-0.2, 0) is 4.79 Å². The SMILES string of the molecule is C.C.Cc1ccc(NC2CCN(C(=O)[C@H](CC(C)C)NC(=O)N3CCCCCC3)CC2)cc1.Cc1ccc(NC2CCNCC2)cc1.[B]C(=O)N1CCC(Nc2ccc(C)cc2)CC1.[HH].[HH].[HH].[HH]. The maximum absolute atomic E-state index is 13.3. The van der Waals surface area contributed by atoms with Gasteiger partial charge in [0.05, 0.1) is 0 Å². The Labute approximate surface area is 395 Å². The second kappa shape index (κ2) is 28.3. The van der Waals surface area contributed by atoms with Crippen molar-refractivity contribution in [1.82, 2.24) is 25.3 Å². The second-order valence-corrected chi connectivity index (χ2v) is 18.3. The van der Waals surface area contributed by atoms with Crippen molar-refractivity contribution in [3.63, 3.8) is 0 Å². The topological polar surface area (TPSA) is 121 Å². The summed E-state index contributed by atoms with van der Waals surface area (Å²) in [6.45, 7) is 17.3. The number of aryl methyl sites for hydroxylation is 3. The van der Waals surface area contributed by atoms with Crippen LogP contribution in [0.2, 0.25) is 0 Å². The van der Waals surface area contributed by atoms with Crippen LogP contribution in [0.5, 0.6) is 0 Å². The minimum absolute atomic E-state index is 0. The first-order valence-corrected chi connectivity index (χ1v) is 23.5. The van der Waals surface area contributed by atoms with Gasteiger partial charge in [-0.05, 0) is 134 Å². The standard InChI is InChI=1S/C25H40N4O2.C13H17BN2O.C12H18N2.2CH4.4H2/c1-19(2)18-23(27-25(31)29-14-6-4-5-7-15-29)24(30)28-16-12-22(13-17-28)26-21-10-8-20(3)9-11-21;1-10-2-4-11(5-3-10)15-12-6-8-16(9-7-12)13(14)17;1-10-2-4-11(5-3-10)14-12-6-8-13-9-7-12;;;;;;/h8-11,19,22-23,26H,4-7,12-18H2,1-3H3,(H,27,31);2-5,12,15H,6-9H2,1H3;2-5,12-14H,6-9H2,1H3;2*1H4;4*1H/t23-;;;;;;;;/m0......../s1. The quantitative estimate of drug-likeness (QED) is 0.129. The Morgan fingerprint density at radius 2 is 0.953 bits per heavy atom. The van der Waals surface area contributed by atoms with Gasteiger partial charge in [0, 0.05) is 80.2 Å². The van der Waals surface area contributed by atoms with Gasteiger partial charge in [-0.25, -0.2) is 4.79 Å². The predicted octanol–water partition coefficient (Wildman–Crippen LogP) is 11.0. The summed E-state index contributed by atoms with van der Waals surface area (Å²) in [5, 5.41) is 17.1. The summed E-state index contributed by atoms with van der Waals surface area (Å²) in [6.07, 6.45) is 11.4. The second-order valence-electron chi connectivity index (χ2n) is 18.3. The number of amides is 4. The number of urea groups is 1. The molecule has 64 heavy (non-hydrogen) atoms. The molecule has 3 aromatic carbocycles. The fourth-order valence-corrected chi connectivity index (χ4v) is 8.54. The van der Waals surface area contributed by atoms with E-state index in [2.05, 4.69) is 134 Å². The van der Waals surface area contributed by atoms with Crippen LogP contribution in [-0.4, -0.2) is 117 Å². The molecule has 0 aromatic heterocycles. The molecule has 3 aromatic rings. The van der Waals surface area contributed by atoms with E-state index in [9.17, 15) is 14.4 Å². The van der Waals surface area contributed by atoms with E-state index < -0.39 is 6.04 Å².